The number of carbonyl (C=O) groups is 1. The van der Waals surface area contributed by atoms with Crippen LogP contribution in [0.1, 0.15) is 10.5 Å². The Labute approximate surface area is 167 Å². The summed E-state index contributed by atoms with van der Waals surface area (Å²) in [7, 11) is 0. The number of morpholine rings is 1. The lowest BCUT2D eigenvalue weighted by Gasteiger charge is -2.30. The molecule has 1 aromatic heterocycles. The number of hydrogen-bond acceptors (Lipinski definition) is 5. The molecular weight excluding hydrogens is 373 g/mol. The van der Waals surface area contributed by atoms with Crippen LogP contribution in [0.3, 0.4) is 0 Å². The lowest BCUT2D eigenvalue weighted by Crippen LogP contribution is -2.36. The van der Waals surface area contributed by atoms with Crippen molar-refractivity contribution < 1.29 is 18.7 Å². The molecule has 1 aliphatic heterocycles. The van der Waals surface area contributed by atoms with Gasteiger partial charge in [-0.3, -0.25) is 4.79 Å². The number of halogens is 1. The molecule has 0 saturated carbocycles. The fourth-order valence-electron chi connectivity index (χ4n) is 3.18. The van der Waals surface area contributed by atoms with E-state index in [9.17, 15) is 9.18 Å². The second kappa shape index (κ2) is 8.28. The molecule has 0 aliphatic carbocycles. The third-order valence-electron chi connectivity index (χ3n) is 4.66. The lowest BCUT2D eigenvalue weighted by atomic mass is 10.1. The highest BCUT2D eigenvalue weighted by Crippen LogP contribution is 2.32. The number of ether oxygens (including phenoxy) is 2. The third kappa shape index (κ3) is 4.35. The Bertz CT molecular complexity index is 1000. The lowest BCUT2D eigenvalue weighted by molar-refractivity contribution is 0.0995. The van der Waals surface area contributed by atoms with Crippen LogP contribution >= 0.6 is 0 Å². The standard InChI is InChI=1S/C22H20FN3O3/c23-16-3-7-18(8-4-16)29-17-5-1-15(2-6-17)21-20(26-11-13-28-14-12-26)10-9-19(25-21)22(24)27/h1-10H,11-14H2,(H2,24,27). The minimum absolute atomic E-state index is 0.212. The molecule has 7 heteroatoms. The number of carbonyl (C=O) groups excluding carboxylic acids is 1. The molecule has 3 aromatic rings. The summed E-state index contributed by atoms with van der Waals surface area (Å²) < 4.78 is 24.2. The number of primary amides is 1. The number of hydrogen-bond donors (Lipinski definition) is 1. The summed E-state index contributed by atoms with van der Waals surface area (Å²) in [5.41, 5.74) is 8.07. The maximum Gasteiger partial charge on any atom is 0.267 e. The van der Waals surface area contributed by atoms with Crippen molar-refractivity contribution in [2.24, 2.45) is 5.73 Å². The van der Waals surface area contributed by atoms with E-state index in [-0.39, 0.29) is 11.5 Å². The average Bonchev–Trinajstić information content (AvgIpc) is 2.76. The van der Waals surface area contributed by atoms with Gasteiger partial charge in [0, 0.05) is 18.7 Å². The third-order valence-corrected chi connectivity index (χ3v) is 4.66. The smallest absolute Gasteiger partial charge is 0.267 e. The van der Waals surface area contributed by atoms with Crippen LogP contribution in [-0.4, -0.2) is 37.2 Å². The minimum Gasteiger partial charge on any atom is -0.457 e. The average molecular weight is 393 g/mol. The molecule has 1 amide bonds. The number of aromatic nitrogens is 1. The molecule has 1 aliphatic rings. The van der Waals surface area contributed by atoms with Gasteiger partial charge in [-0.2, -0.15) is 0 Å². The summed E-state index contributed by atoms with van der Waals surface area (Å²) in [6.45, 7) is 2.77. The van der Waals surface area contributed by atoms with Crippen molar-refractivity contribution in [3.05, 3.63) is 72.2 Å². The molecule has 2 aromatic carbocycles. The number of pyridine rings is 1. The van der Waals surface area contributed by atoms with Crippen LogP contribution in [0.25, 0.3) is 11.3 Å². The number of amides is 1. The van der Waals surface area contributed by atoms with Crippen molar-refractivity contribution in [1.29, 1.82) is 0 Å². The summed E-state index contributed by atoms with van der Waals surface area (Å²) in [5, 5.41) is 0. The van der Waals surface area contributed by atoms with Gasteiger partial charge in [-0.25, -0.2) is 9.37 Å². The molecule has 6 nitrogen and oxygen atoms in total. The number of anilines is 1. The number of benzene rings is 2. The van der Waals surface area contributed by atoms with E-state index >= 15 is 0 Å². The fraction of sp³-hybridized carbons (Fsp3) is 0.182. The Morgan fingerprint density at radius 1 is 0.966 bits per heavy atom. The van der Waals surface area contributed by atoms with Crippen LogP contribution in [0.2, 0.25) is 0 Å². The number of nitrogens with zero attached hydrogens (tertiary/aromatic N) is 2. The van der Waals surface area contributed by atoms with Gasteiger partial charge >= 0.3 is 0 Å². The van der Waals surface area contributed by atoms with Gasteiger partial charge in [-0.05, 0) is 60.7 Å². The summed E-state index contributed by atoms with van der Waals surface area (Å²) in [6, 6.07) is 16.7. The van der Waals surface area contributed by atoms with E-state index in [0.29, 0.717) is 30.4 Å². The molecule has 2 heterocycles. The molecule has 0 bridgehead atoms. The molecule has 0 spiro atoms. The molecule has 1 fully saturated rings. The van der Waals surface area contributed by atoms with Crippen molar-refractivity contribution in [3.8, 4) is 22.8 Å². The topological polar surface area (TPSA) is 77.7 Å². The van der Waals surface area contributed by atoms with Crippen molar-refractivity contribution in [2.75, 3.05) is 31.2 Å². The van der Waals surface area contributed by atoms with Crippen molar-refractivity contribution in [3.63, 3.8) is 0 Å². The van der Waals surface area contributed by atoms with E-state index in [4.69, 9.17) is 15.2 Å². The van der Waals surface area contributed by atoms with Gasteiger partial charge in [0.2, 0.25) is 0 Å². The highest BCUT2D eigenvalue weighted by molar-refractivity contribution is 5.92. The van der Waals surface area contributed by atoms with Crippen LogP contribution < -0.4 is 15.4 Å². The summed E-state index contributed by atoms with van der Waals surface area (Å²) in [4.78, 5) is 18.3. The van der Waals surface area contributed by atoms with E-state index in [2.05, 4.69) is 9.88 Å². The van der Waals surface area contributed by atoms with Gasteiger partial charge in [-0.1, -0.05) is 0 Å². The largest absolute Gasteiger partial charge is 0.457 e. The van der Waals surface area contributed by atoms with Gasteiger partial charge in [0.15, 0.2) is 0 Å². The van der Waals surface area contributed by atoms with E-state index in [0.717, 1.165) is 24.3 Å². The molecule has 0 atom stereocenters. The molecule has 0 radical (unpaired) electrons. The Kier molecular flexibility index (Phi) is 5.39. The van der Waals surface area contributed by atoms with Crippen molar-refractivity contribution >= 4 is 11.6 Å². The van der Waals surface area contributed by atoms with Crippen LogP contribution in [0.4, 0.5) is 10.1 Å². The second-order valence-corrected chi connectivity index (χ2v) is 6.61. The molecule has 1 saturated heterocycles. The fourth-order valence-corrected chi connectivity index (χ4v) is 3.18. The molecule has 29 heavy (non-hydrogen) atoms. The van der Waals surface area contributed by atoms with Crippen LogP contribution in [0.5, 0.6) is 11.5 Å². The second-order valence-electron chi connectivity index (χ2n) is 6.61. The van der Waals surface area contributed by atoms with Gasteiger partial charge in [-0.15, -0.1) is 0 Å². The number of nitrogens with two attached hydrogens (primary N) is 1. The van der Waals surface area contributed by atoms with Crippen molar-refractivity contribution in [2.45, 2.75) is 0 Å². The first kappa shape index (κ1) is 18.9. The van der Waals surface area contributed by atoms with Gasteiger partial charge in [0.05, 0.1) is 24.6 Å². The maximum atomic E-state index is 13.0. The molecule has 4 rings (SSSR count). The van der Waals surface area contributed by atoms with E-state index in [1.807, 2.05) is 18.2 Å². The summed E-state index contributed by atoms with van der Waals surface area (Å²) in [6.07, 6.45) is 0. The first-order chi connectivity index (χ1) is 14.1. The zero-order chi connectivity index (χ0) is 20.2. The van der Waals surface area contributed by atoms with E-state index in [1.165, 1.54) is 12.1 Å². The molecule has 0 unspecified atom stereocenters. The van der Waals surface area contributed by atoms with E-state index < -0.39 is 5.91 Å². The highest BCUT2D eigenvalue weighted by atomic mass is 19.1. The van der Waals surface area contributed by atoms with Crippen molar-refractivity contribution in [1.82, 2.24) is 4.98 Å². The molecule has 2 N–H and O–H groups in total. The SMILES string of the molecule is NC(=O)c1ccc(N2CCOCC2)c(-c2ccc(Oc3ccc(F)cc3)cc2)n1. The number of rotatable bonds is 5. The van der Waals surface area contributed by atoms with Crippen LogP contribution in [0.15, 0.2) is 60.7 Å². The Morgan fingerprint density at radius 2 is 1.59 bits per heavy atom. The summed E-state index contributed by atoms with van der Waals surface area (Å²) in [5.74, 6) is 0.265. The molecular formula is C22H20FN3O3. The zero-order valence-corrected chi connectivity index (χ0v) is 15.7. The zero-order valence-electron chi connectivity index (χ0n) is 15.7. The van der Waals surface area contributed by atoms with E-state index in [1.54, 1.807) is 30.3 Å². The van der Waals surface area contributed by atoms with Crippen LogP contribution in [-0.2, 0) is 4.74 Å². The summed E-state index contributed by atoms with van der Waals surface area (Å²) >= 11 is 0. The predicted octanol–water partition coefficient (Wildman–Crippen LogP) is 3.62. The normalized spacial score (nSPS) is 13.9. The Balaban J connectivity index is 1.64. The predicted molar refractivity (Wildman–Crippen MR) is 108 cm³/mol. The quantitative estimate of drug-likeness (QED) is 0.716. The van der Waals surface area contributed by atoms with Crippen LogP contribution in [0, 0.1) is 5.82 Å². The van der Waals surface area contributed by atoms with Gasteiger partial charge < -0.3 is 20.1 Å². The van der Waals surface area contributed by atoms with Gasteiger partial charge in [0.25, 0.3) is 5.91 Å². The monoisotopic (exact) mass is 393 g/mol. The first-order valence-corrected chi connectivity index (χ1v) is 9.27. The first-order valence-electron chi connectivity index (χ1n) is 9.27. The molecule has 148 valence electrons. The Morgan fingerprint density at radius 3 is 2.21 bits per heavy atom. The van der Waals surface area contributed by atoms with Gasteiger partial charge in [0.1, 0.15) is 23.0 Å². The maximum absolute atomic E-state index is 13.0. The highest BCUT2D eigenvalue weighted by Gasteiger charge is 2.18. The Hall–Kier alpha value is -3.45. The minimum atomic E-state index is -0.573.